The van der Waals surface area contributed by atoms with Gasteiger partial charge in [-0.1, -0.05) is 128 Å². The lowest BCUT2D eigenvalue weighted by molar-refractivity contribution is -0.893. The second-order valence-electron chi connectivity index (χ2n) is 24.1. The summed E-state index contributed by atoms with van der Waals surface area (Å²) in [5.41, 5.74) is -2.89. The van der Waals surface area contributed by atoms with Gasteiger partial charge in [-0.2, -0.15) is 0 Å². The van der Waals surface area contributed by atoms with E-state index in [1.807, 2.05) is 0 Å². The fourth-order valence-corrected chi connectivity index (χ4v) is 19.8. The number of quaternary nitrogens is 1. The molecule has 400 valence electrons. The fraction of sp³-hybridized carbons (Fsp3) is 0.958. The number of carboxylic acid groups (broad SMARTS) is 2. The minimum atomic E-state index is -1.50. The van der Waals surface area contributed by atoms with Gasteiger partial charge in [0.25, 0.3) is 0 Å². The SMILES string of the molecule is CC(CO)(CO)C(=O)O.CC(CO)(CO)C(=O)[O-].CCCCN(C)C.CCCC[N+](C)(C)CC(O)COCCC[Si](C)(C)CC[Si](C)(C)C.C[Si](C)(C)CC[Si](C)(C)CCCOCC1CO1. The minimum Gasteiger partial charge on any atom is -0.549 e. The number of rotatable bonds is 32. The number of epoxide rings is 1. The number of carbonyl (C=O) groups excluding carboxylic acids is 1. The van der Waals surface area contributed by atoms with Gasteiger partial charge >= 0.3 is 5.97 Å². The molecule has 6 N–H and O–H groups in total. The Hall–Kier alpha value is -0.592. The number of likely N-dealkylation sites (N-methyl/N-ethyl adjacent to an activating group) is 1. The van der Waals surface area contributed by atoms with Gasteiger partial charge in [0.15, 0.2) is 0 Å². The molecule has 2 unspecified atom stereocenters. The standard InChI is InChI=1S/C19H46NO2Si2.C13H30O2Si2.C6H15N.2C5H10O4/c1-9-10-12-20(2,3)17-19(21)18-22-13-11-14-24(7,8)16-15-23(4,5)6;1-16(2,3)9-10-17(4,5)8-6-7-14-11-13-12-15-13;1-4-5-6-7(2)3;2*1-5(2-6,3-7)4(8)9/h19,21H,9-18H2,1-8H3;13H,6-12H2,1-5H3;4-6H2,1-3H3;2*6-7H,2-3H2,1H3,(H,8,9)/q+1;;;;/p-1. The van der Waals surface area contributed by atoms with Crippen molar-refractivity contribution in [2.45, 2.75) is 180 Å². The third-order valence-corrected chi connectivity index (χ3v) is 22.7. The molecule has 1 rings (SSSR count). The van der Waals surface area contributed by atoms with Gasteiger partial charge < -0.3 is 64.1 Å². The van der Waals surface area contributed by atoms with Crippen LogP contribution in [0.3, 0.4) is 0 Å². The van der Waals surface area contributed by atoms with Gasteiger partial charge in [-0.25, -0.2) is 0 Å². The first kappa shape index (κ1) is 72.0. The van der Waals surface area contributed by atoms with Crippen molar-refractivity contribution in [1.82, 2.24) is 4.90 Å². The maximum Gasteiger partial charge on any atom is 0.314 e. The predicted octanol–water partition coefficient (Wildman–Crippen LogP) is 6.65. The number of hydrogen-bond acceptors (Lipinski definition) is 12. The van der Waals surface area contributed by atoms with Gasteiger partial charge in [0.05, 0.1) is 78.3 Å². The van der Waals surface area contributed by atoms with Gasteiger partial charge in [-0.05, 0) is 60.2 Å². The third kappa shape index (κ3) is 47.1. The number of nitrogens with zero attached hydrogens (tertiary/aromatic N) is 2. The van der Waals surface area contributed by atoms with Crippen molar-refractivity contribution in [3.63, 3.8) is 0 Å². The molecule has 66 heavy (non-hydrogen) atoms. The zero-order valence-electron chi connectivity index (χ0n) is 46.2. The lowest BCUT2D eigenvalue weighted by atomic mass is 9.94. The number of ether oxygens (including phenoxy) is 3. The maximum atomic E-state index is 10.2. The van der Waals surface area contributed by atoms with Crippen LogP contribution in [-0.2, 0) is 23.8 Å². The normalized spacial score (nSPS) is 14.9. The molecule has 0 bridgehead atoms. The Balaban J connectivity index is -0.000000396. The molecule has 2 atom stereocenters. The van der Waals surface area contributed by atoms with Crippen molar-refractivity contribution in [3.05, 3.63) is 0 Å². The number of hydrogen-bond donors (Lipinski definition) is 6. The molecule has 0 aromatic carbocycles. The van der Waals surface area contributed by atoms with E-state index in [0.29, 0.717) is 12.7 Å². The van der Waals surface area contributed by atoms with E-state index in [0.717, 1.165) is 50.4 Å². The molecule has 1 fully saturated rings. The summed E-state index contributed by atoms with van der Waals surface area (Å²) in [4.78, 5) is 22.4. The van der Waals surface area contributed by atoms with Crippen LogP contribution in [0.4, 0.5) is 0 Å². The van der Waals surface area contributed by atoms with E-state index in [9.17, 15) is 19.8 Å². The molecule has 18 heteroatoms. The molecule has 14 nitrogen and oxygen atoms in total. The van der Waals surface area contributed by atoms with E-state index in [2.05, 4.69) is 112 Å². The highest BCUT2D eigenvalue weighted by Gasteiger charge is 2.31. The molecule has 1 saturated heterocycles. The van der Waals surface area contributed by atoms with Crippen LogP contribution >= 0.6 is 0 Å². The molecule has 0 radical (unpaired) electrons. The summed E-state index contributed by atoms with van der Waals surface area (Å²) in [7, 11) is 4.87. The first-order valence-corrected chi connectivity index (χ1v) is 39.1. The second kappa shape index (κ2) is 37.2. The monoisotopic (exact) mass is 1020 g/mol. The number of carbonyl (C=O) groups is 2. The Kier molecular flexibility index (Phi) is 40.6. The third-order valence-electron chi connectivity index (χ3n) is 11.6. The molecule has 0 saturated carbocycles. The van der Waals surface area contributed by atoms with Crippen LogP contribution in [0.25, 0.3) is 0 Å². The van der Waals surface area contributed by atoms with Crippen LogP contribution in [0.5, 0.6) is 0 Å². The van der Waals surface area contributed by atoms with E-state index in [1.54, 1.807) is 0 Å². The highest BCUT2D eigenvalue weighted by atomic mass is 28.3. The number of aliphatic hydroxyl groups excluding tert-OH is 5. The molecule has 1 aliphatic heterocycles. The van der Waals surface area contributed by atoms with Crippen LogP contribution in [0.1, 0.15) is 66.2 Å². The Bertz CT molecular complexity index is 1160. The second-order valence-corrected chi connectivity index (χ2v) is 46.0. The molecular formula is C48H110N2O12Si4. The highest BCUT2D eigenvalue weighted by Crippen LogP contribution is 2.26. The van der Waals surface area contributed by atoms with Crippen molar-refractivity contribution >= 4 is 44.2 Å². The first-order valence-electron chi connectivity index (χ1n) is 24.9. The lowest BCUT2D eigenvalue weighted by Gasteiger charge is -2.31. The largest absolute Gasteiger partial charge is 0.549 e. The number of aliphatic hydroxyl groups is 5. The summed E-state index contributed by atoms with van der Waals surface area (Å²) in [6, 6.07) is 8.72. The van der Waals surface area contributed by atoms with Gasteiger partial charge in [0.2, 0.25) is 0 Å². The summed E-state index contributed by atoms with van der Waals surface area (Å²) in [5.74, 6) is -2.62. The molecule has 1 aliphatic rings. The van der Waals surface area contributed by atoms with Crippen LogP contribution in [0.2, 0.25) is 102 Å². The van der Waals surface area contributed by atoms with Gasteiger partial charge in [0, 0.05) is 45.5 Å². The lowest BCUT2D eigenvalue weighted by Crippen LogP contribution is -2.47. The van der Waals surface area contributed by atoms with Crippen molar-refractivity contribution in [2.24, 2.45) is 10.8 Å². The van der Waals surface area contributed by atoms with E-state index in [4.69, 9.17) is 39.7 Å². The summed E-state index contributed by atoms with van der Waals surface area (Å²) in [5, 5.41) is 62.1. The molecular weight excluding hydrogens is 909 g/mol. The summed E-state index contributed by atoms with van der Waals surface area (Å²) < 4.78 is 17.4. The minimum absolute atomic E-state index is 0.339. The van der Waals surface area contributed by atoms with Gasteiger partial charge in [-0.15, -0.1) is 0 Å². The highest BCUT2D eigenvalue weighted by molar-refractivity contribution is 6.82. The Labute approximate surface area is 409 Å². The van der Waals surface area contributed by atoms with Crippen LogP contribution in [0.15, 0.2) is 0 Å². The average Bonchev–Trinajstić information content (AvgIpc) is 4.04. The Morgan fingerprint density at radius 3 is 1.39 bits per heavy atom. The average molecular weight is 1020 g/mol. The number of carboxylic acids is 2. The topological polar surface area (TPSA) is 213 Å². The van der Waals surface area contributed by atoms with E-state index >= 15 is 0 Å². The van der Waals surface area contributed by atoms with Crippen LogP contribution in [-0.4, -0.2) is 204 Å². The fourth-order valence-electron chi connectivity index (χ4n) is 5.72. The zero-order chi connectivity index (χ0) is 52.5. The van der Waals surface area contributed by atoms with Gasteiger partial charge in [-0.3, -0.25) is 4.79 Å². The van der Waals surface area contributed by atoms with Crippen LogP contribution in [0, 0.1) is 10.8 Å². The molecule has 0 aliphatic carbocycles. The molecule has 0 spiro atoms. The molecule has 0 aromatic heterocycles. The Morgan fingerprint density at radius 2 is 1.12 bits per heavy atom. The quantitative estimate of drug-likeness (QED) is 0.0181. The summed E-state index contributed by atoms with van der Waals surface area (Å²) >= 11 is 0. The number of aliphatic carboxylic acids is 2. The van der Waals surface area contributed by atoms with Crippen molar-refractivity contribution in [1.29, 1.82) is 0 Å². The van der Waals surface area contributed by atoms with Crippen molar-refractivity contribution in [3.8, 4) is 0 Å². The van der Waals surface area contributed by atoms with E-state index < -0.39 is 81.5 Å². The van der Waals surface area contributed by atoms with Crippen molar-refractivity contribution < 1.29 is 64.0 Å². The van der Waals surface area contributed by atoms with E-state index in [1.165, 1.54) is 88.8 Å². The smallest absolute Gasteiger partial charge is 0.314 e. The predicted molar refractivity (Wildman–Crippen MR) is 285 cm³/mol. The molecule has 0 aromatic rings. The van der Waals surface area contributed by atoms with Crippen LogP contribution < -0.4 is 5.11 Å². The maximum absolute atomic E-state index is 10.2. The summed E-state index contributed by atoms with van der Waals surface area (Å²) in [6.07, 6.45) is 7.55. The molecule has 1 heterocycles. The van der Waals surface area contributed by atoms with Gasteiger partial charge in [0.1, 0.15) is 24.2 Å². The van der Waals surface area contributed by atoms with E-state index in [-0.39, 0.29) is 6.10 Å². The zero-order valence-corrected chi connectivity index (χ0v) is 50.2. The Morgan fingerprint density at radius 1 is 0.712 bits per heavy atom. The summed E-state index contributed by atoms with van der Waals surface area (Å²) in [6.45, 7) is 36.7. The first-order chi connectivity index (χ1) is 30.1. The molecule has 0 amide bonds. The number of unbranched alkanes of at least 4 members (excludes halogenated alkanes) is 2. The van der Waals surface area contributed by atoms with Crippen molar-refractivity contribution in [2.75, 3.05) is 107 Å².